The Kier molecular flexibility index (Phi) is 6.01. The molecule has 0 aliphatic rings. The maximum atomic E-state index is 11.8. The first-order valence-electron chi connectivity index (χ1n) is 5.39. The first-order valence-corrected chi connectivity index (χ1v) is 7.00. The van der Waals surface area contributed by atoms with Crippen LogP contribution in [0.2, 0.25) is 0 Å². The van der Waals surface area contributed by atoms with Crippen LogP contribution in [0.4, 0.5) is 0 Å². The normalized spacial score (nSPS) is 10.4. The predicted molar refractivity (Wildman–Crippen MR) is 71.4 cm³/mol. The number of nitrogens with zero attached hydrogens (tertiary/aromatic N) is 1. The first-order chi connectivity index (χ1) is 7.67. The molecule has 5 heteroatoms. The third-order valence-electron chi connectivity index (χ3n) is 2.30. The van der Waals surface area contributed by atoms with Crippen LogP contribution in [-0.4, -0.2) is 23.9 Å². The van der Waals surface area contributed by atoms with Gasteiger partial charge in [0.1, 0.15) is 0 Å². The Labute approximate surface area is 109 Å². The van der Waals surface area contributed by atoms with E-state index in [1.165, 1.54) is 4.88 Å². The smallest absolute Gasteiger partial charge is 0.222 e. The van der Waals surface area contributed by atoms with Crippen molar-refractivity contribution in [3.63, 3.8) is 0 Å². The average molecular weight is 305 g/mol. The minimum absolute atomic E-state index is 0.192. The zero-order valence-corrected chi connectivity index (χ0v) is 11.8. The molecule has 0 atom stereocenters. The van der Waals surface area contributed by atoms with Gasteiger partial charge in [0.05, 0.1) is 10.3 Å². The Morgan fingerprint density at radius 1 is 1.56 bits per heavy atom. The fraction of sp³-hybridized carbons (Fsp3) is 0.545. The summed E-state index contributed by atoms with van der Waals surface area (Å²) in [5, 5.41) is 0. The van der Waals surface area contributed by atoms with Crippen LogP contribution in [0, 0.1) is 0 Å². The summed E-state index contributed by atoms with van der Waals surface area (Å²) in [6.07, 6.45) is 1.32. The predicted octanol–water partition coefficient (Wildman–Crippen LogP) is 2.60. The van der Waals surface area contributed by atoms with Crippen molar-refractivity contribution < 1.29 is 4.79 Å². The molecule has 0 aliphatic heterocycles. The summed E-state index contributed by atoms with van der Waals surface area (Å²) in [6, 6.07) is 4.06. The number of carbonyl (C=O) groups excluding carboxylic acids is 1. The van der Waals surface area contributed by atoms with Gasteiger partial charge in [0.15, 0.2) is 0 Å². The minimum Gasteiger partial charge on any atom is -0.338 e. The van der Waals surface area contributed by atoms with Gasteiger partial charge in [0, 0.05) is 17.8 Å². The van der Waals surface area contributed by atoms with Gasteiger partial charge in [0.25, 0.3) is 0 Å². The third-order valence-corrected chi connectivity index (χ3v) is 3.91. The second-order valence-electron chi connectivity index (χ2n) is 3.51. The van der Waals surface area contributed by atoms with E-state index in [4.69, 9.17) is 5.73 Å². The number of thiophene rings is 1. The topological polar surface area (TPSA) is 46.3 Å². The number of nitrogens with two attached hydrogens (primary N) is 1. The second-order valence-corrected chi connectivity index (χ2v) is 6.05. The van der Waals surface area contributed by atoms with Gasteiger partial charge in [-0.05, 0) is 48.0 Å². The van der Waals surface area contributed by atoms with Crippen molar-refractivity contribution in [1.82, 2.24) is 4.90 Å². The van der Waals surface area contributed by atoms with Gasteiger partial charge in [-0.1, -0.05) is 0 Å². The molecule has 1 aromatic heterocycles. The van der Waals surface area contributed by atoms with E-state index in [0.717, 1.165) is 16.8 Å². The molecule has 0 saturated carbocycles. The molecule has 0 aliphatic carbocycles. The quantitative estimate of drug-likeness (QED) is 0.878. The van der Waals surface area contributed by atoms with E-state index in [0.29, 0.717) is 19.5 Å². The Morgan fingerprint density at radius 2 is 2.31 bits per heavy atom. The van der Waals surface area contributed by atoms with Crippen LogP contribution in [0.3, 0.4) is 0 Å². The summed E-state index contributed by atoms with van der Waals surface area (Å²) >= 11 is 5.09. The molecule has 1 heterocycles. The summed E-state index contributed by atoms with van der Waals surface area (Å²) in [5.41, 5.74) is 5.40. The van der Waals surface area contributed by atoms with Crippen molar-refractivity contribution in [2.45, 2.75) is 26.3 Å². The molecule has 2 N–H and O–H groups in total. The monoisotopic (exact) mass is 304 g/mol. The number of hydrogen-bond donors (Lipinski definition) is 1. The number of rotatable bonds is 6. The lowest BCUT2D eigenvalue weighted by Gasteiger charge is -2.19. The molecule has 90 valence electrons. The Bertz CT molecular complexity index is 340. The molecule has 1 aromatic rings. The lowest BCUT2D eigenvalue weighted by atomic mass is 10.2. The van der Waals surface area contributed by atoms with Gasteiger partial charge in [-0.15, -0.1) is 11.3 Å². The highest BCUT2D eigenvalue weighted by molar-refractivity contribution is 9.11. The van der Waals surface area contributed by atoms with Crippen LogP contribution in [0.15, 0.2) is 15.9 Å². The Balaban J connectivity index is 2.51. The highest BCUT2D eigenvalue weighted by Gasteiger charge is 2.12. The molecule has 0 fully saturated rings. The van der Waals surface area contributed by atoms with E-state index in [1.807, 2.05) is 24.0 Å². The second kappa shape index (κ2) is 7.04. The third kappa shape index (κ3) is 4.23. The standard InChI is InChI=1S/C11H17BrN2OS/c1-2-14(11(15)4-3-7-13)8-9-5-6-10(12)16-9/h5-6H,2-4,7-8,13H2,1H3. The van der Waals surface area contributed by atoms with Crippen molar-refractivity contribution in [1.29, 1.82) is 0 Å². The van der Waals surface area contributed by atoms with Gasteiger partial charge in [0.2, 0.25) is 5.91 Å². The number of amides is 1. The molecule has 0 aromatic carbocycles. The zero-order chi connectivity index (χ0) is 12.0. The summed E-state index contributed by atoms with van der Waals surface area (Å²) < 4.78 is 1.10. The van der Waals surface area contributed by atoms with Crippen LogP contribution in [0.25, 0.3) is 0 Å². The Hall–Kier alpha value is -0.390. The summed E-state index contributed by atoms with van der Waals surface area (Å²) in [4.78, 5) is 14.9. The van der Waals surface area contributed by atoms with Gasteiger partial charge in [-0.3, -0.25) is 4.79 Å². The highest BCUT2D eigenvalue weighted by atomic mass is 79.9. The van der Waals surface area contributed by atoms with E-state index in [9.17, 15) is 4.79 Å². The SMILES string of the molecule is CCN(Cc1ccc(Br)s1)C(=O)CCCN. The van der Waals surface area contributed by atoms with E-state index < -0.39 is 0 Å². The van der Waals surface area contributed by atoms with E-state index in [1.54, 1.807) is 11.3 Å². The number of hydrogen-bond acceptors (Lipinski definition) is 3. The lowest BCUT2D eigenvalue weighted by Crippen LogP contribution is -2.30. The average Bonchev–Trinajstić information content (AvgIpc) is 2.68. The van der Waals surface area contributed by atoms with Crippen molar-refractivity contribution in [3.8, 4) is 0 Å². The van der Waals surface area contributed by atoms with E-state index in [-0.39, 0.29) is 5.91 Å². The molecule has 0 unspecified atom stereocenters. The number of carbonyl (C=O) groups is 1. The van der Waals surface area contributed by atoms with Crippen molar-refractivity contribution in [2.24, 2.45) is 5.73 Å². The number of halogens is 1. The first kappa shape index (κ1) is 13.7. The van der Waals surface area contributed by atoms with Crippen LogP contribution in [-0.2, 0) is 11.3 Å². The van der Waals surface area contributed by atoms with E-state index in [2.05, 4.69) is 15.9 Å². The van der Waals surface area contributed by atoms with Crippen LogP contribution in [0.1, 0.15) is 24.6 Å². The highest BCUT2D eigenvalue weighted by Crippen LogP contribution is 2.23. The molecule has 1 rings (SSSR count). The van der Waals surface area contributed by atoms with Gasteiger partial charge in [-0.25, -0.2) is 0 Å². The Morgan fingerprint density at radius 3 is 2.81 bits per heavy atom. The maximum Gasteiger partial charge on any atom is 0.222 e. The van der Waals surface area contributed by atoms with Crippen molar-refractivity contribution in [3.05, 3.63) is 20.8 Å². The molecule has 0 bridgehead atoms. The molecule has 1 amide bonds. The summed E-state index contributed by atoms with van der Waals surface area (Å²) in [5.74, 6) is 0.192. The van der Waals surface area contributed by atoms with Gasteiger partial charge >= 0.3 is 0 Å². The van der Waals surface area contributed by atoms with Crippen LogP contribution in [0.5, 0.6) is 0 Å². The van der Waals surface area contributed by atoms with Crippen LogP contribution >= 0.6 is 27.3 Å². The zero-order valence-electron chi connectivity index (χ0n) is 9.41. The minimum atomic E-state index is 0.192. The van der Waals surface area contributed by atoms with Crippen molar-refractivity contribution >= 4 is 33.2 Å². The largest absolute Gasteiger partial charge is 0.338 e. The fourth-order valence-corrected chi connectivity index (χ4v) is 2.91. The van der Waals surface area contributed by atoms with Gasteiger partial charge in [-0.2, -0.15) is 0 Å². The van der Waals surface area contributed by atoms with E-state index >= 15 is 0 Å². The molecular formula is C11H17BrN2OS. The molecule has 0 radical (unpaired) electrons. The van der Waals surface area contributed by atoms with Crippen LogP contribution < -0.4 is 5.73 Å². The molecule has 0 saturated heterocycles. The summed E-state index contributed by atoms with van der Waals surface area (Å²) in [6.45, 7) is 4.03. The molecular weight excluding hydrogens is 288 g/mol. The molecule has 0 spiro atoms. The lowest BCUT2D eigenvalue weighted by molar-refractivity contribution is -0.131. The fourth-order valence-electron chi connectivity index (χ4n) is 1.41. The molecule has 16 heavy (non-hydrogen) atoms. The summed E-state index contributed by atoms with van der Waals surface area (Å²) in [7, 11) is 0. The molecule has 3 nitrogen and oxygen atoms in total. The maximum absolute atomic E-state index is 11.8. The van der Waals surface area contributed by atoms with Crippen molar-refractivity contribution in [2.75, 3.05) is 13.1 Å². The van der Waals surface area contributed by atoms with Gasteiger partial charge < -0.3 is 10.6 Å².